The molecule has 2 heterocycles. The Hall–Kier alpha value is -2.67. The minimum Gasteiger partial charge on any atom is -0.490 e. The van der Waals surface area contributed by atoms with Crippen molar-refractivity contribution in [3.05, 3.63) is 36.3 Å². The van der Waals surface area contributed by atoms with Crippen molar-refractivity contribution in [2.24, 2.45) is 13.0 Å². The zero-order valence-electron chi connectivity index (χ0n) is 23.8. The van der Waals surface area contributed by atoms with Gasteiger partial charge in [0, 0.05) is 44.5 Å². The second-order valence-corrected chi connectivity index (χ2v) is 12.4. The summed E-state index contributed by atoms with van der Waals surface area (Å²) in [6.45, 7) is 7.22. The lowest BCUT2D eigenvalue weighted by molar-refractivity contribution is -0.0137. The second kappa shape index (κ2) is 13.6. The summed E-state index contributed by atoms with van der Waals surface area (Å²) in [7, 11) is 1.69. The molecule has 3 rings (SSSR count). The maximum Gasteiger partial charge on any atom is 0.280 e. The highest BCUT2D eigenvalue weighted by molar-refractivity contribution is 7.92. The van der Waals surface area contributed by atoms with E-state index in [-0.39, 0.29) is 46.9 Å². The number of hydrogen-bond donors (Lipinski definition) is 2. The molecule has 0 saturated carbocycles. The van der Waals surface area contributed by atoms with Crippen LogP contribution in [0.3, 0.4) is 0 Å². The number of imidazole rings is 1. The molecule has 0 aliphatic carbocycles. The number of fused-ring (bicyclic) bond motifs is 1. The van der Waals surface area contributed by atoms with Crippen molar-refractivity contribution >= 4 is 21.6 Å². The first-order valence-corrected chi connectivity index (χ1v) is 14.9. The molecular formula is C27H43N5O6S. The van der Waals surface area contributed by atoms with Crippen molar-refractivity contribution in [2.75, 3.05) is 45.1 Å². The van der Waals surface area contributed by atoms with Crippen molar-refractivity contribution in [3.8, 4) is 5.75 Å². The number of rotatable bonds is 7. The van der Waals surface area contributed by atoms with Crippen LogP contribution in [0.2, 0.25) is 0 Å². The Bertz CT molecular complexity index is 1200. The molecule has 2 N–H and O–H groups in total. The molecule has 0 fully saturated rings. The van der Waals surface area contributed by atoms with Gasteiger partial charge in [0.2, 0.25) is 0 Å². The van der Waals surface area contributed by atoms with Gasteiger partial charge < -0.3 is 28.9 Å². The van der Waals surface area contributed by atoms with Crippen molar-refractivity contribution < 1.29 is 27.8 Å². The summed E-state index contributed by atoms with van der Waals surface area (Å²) in [6.07, 6.45) is 5.10. The van der Waals surface area contributed by atoms with E-state index in [4.69, 9.17) is 9.47 Å². The predicted octanol–water partition coefficient (Wildman–Crippen LogP) is 2.58. The number of aliphatic hydroxyl groups is 1. The minimum atomic E-state index is -3.97. The molecule has 12 heteroatoms. The molecule has 0 radical (unpaired) electrons. The van der Waals surface area contributed by atoms with Gasteiger partial charge in [-0.1, -0.05) is 6.92 Å². The van der Waals surface area contributed by atoms with Crippen molar-refractivity contribution in [3.63, 3.8) is 0 Å². The Labute approximate surface area is 232 Å². The van der Waals surface area contributed by atoms with Gasteiger partial charge in [0.05, 0.1) is 36.7 Å². The minimum absolute atomic E-state index is 0.0255. The third-order valence-corrected chi connectivity index (χ3v) is 8.07. The van der Waals surface area contributed by atoms with E-state index < -0.39 is 16.1 Å². The number of sulfonamides is 1. The summed E-state index contributed by atoms with van der Waals surface area (Å²) < 4.78 is 42.4. The van der Waals surface area contributed by atoms with E-state index in [1.807, 2.05) is 27.9 Å². The number of anilines is 1. The monoisotopic (exact) mass is 565 g/mol. The summed E-state index contributed by atoms with van der Waals surface area (Å²) in [6, 6.07) is 4.21. The Kier molecular flexibility index (Phi) is 10.8. The van der Waals surface area contributed by atoms with E-state index in [0.29, 0.717) is 25.4 Å². The van der Waals surface area contributed by atoms with Gasteiger partial charge in [-0.3, -0.25) is 9.52 Å². The summed E-state index contributed by atoms with van der Waals surface area (Å²) >= 11 is 0. The van der Waals surface area contributed by atoms with E-state index in [1.54, 1.807) is 35.6 Å². The number of benzene rings is 1. The topological polar surface area (TPSA) is 126 Å². The molecule has 1 aliphatic rings. The van der Waals surface area contributed by atoms with Crippen molar-refractivity contribution in [1.82, 2.24) is 19.4 Å². The number of amides is 1. The maximum atomic E-state index is 14.1. The van der Waals surface area contributed by atoms with Crippen LogP contribution in [0.25, 0.3) is 0 Å². The van der Waals surface area contributed by atoms with Gasteiger partial charge in [-0.2, -0.15) is 8.42 Å². The molecule has 11 nitrogen and oxygen atoms in total. The molecule has 1 aliphatic heterocycles. The van der Waals surface area contributed by atoms with Crippen LogP contribution in [0.1, 0.15) is 50.4 Å². The fourth-order valence-electron chi connectivity index (χ4n) is 4.54. The molecule has 1 amide bonds. The van der Waals surface area contributed by atoms with E-state index >= 15 is 0 Å². The Morgan fingerprint density at radius 3 is 2.64 bits per heavy atom. The number of nitrogens with one attached hydrogen (secondary N) is 1. The molecule has 218 valence electrons. The van der Waals surface area contributed by atoms with Gasteiger partial charge >= 0.3 is 0 Å². The quantitative estimate of drug-likeness (QED) is 0.525. The van der Waals surface area contributed by atoms with E-state index in [1.165, 1.54) is 18.6 Å². The van der Waals surface area contributed by atoms with E-state index in [9.17, 15) is 18.3 Å². The lowest BCUT2D eigenvalue weighted by Gasteiger charge is -2.35. The number of carbonyl (C=O) groups is 1. The number of ether oxygens (including phenoxy) is 2. The molecule has 4 atom stereocenters. The molecule has 1 aromatic carbocycles. The highest BCUT2D eigenvalue weighted by atomic mass is 32.2. The third kappa shape index (κ3) is 8.41. The van der Waals surface area contributed by atoms with Gasteiger partial charge in [0.15, 0.2) is 5.03 Å². The number of aromatic nitrogens is 2. The summed E-state index contributed by atoms with van der Waals surface area (Å²) in [5, 5.41) is 9.91. The lowest BCUT2D eigenvalue weighted by atomic mass is 10.0. The van der Waals surface area contributed by atoms with Crippen LogP contribution in [0.5, 0.6) is 5.75 Å². The van der Waals surface area contributed by atoms with E-state index in [0.717, 1.165) is 19.3 Å². The third-order valence-electron chi connectivity index (χ3n) is 6.81. The SMILES string of the molecule is C[C@@H]1CCCCO[C@@H](CN(C)C)[C@@H](C)CN([C@@H](C)CO)C(=O)c2cc(NS(=O)(=O)c3cn(C)cn3)ccc2O1. The average molecular weight is 566 g/mol. The van der Waals surface area contributed by atoms with Gasteiger partial charge in [-0.05, 0) is 65.4 Å². The van der Waals surface area contributed by atoms with Crippen LogP contribution in [-0.2, 0) is 21.8 Å². The van der Waals surface area contributed by atoms with Crippen LogP contribution >= 0.6 is 0 Å². The molecule has 0 spiro atoms. The molecule has 0 unspecified atom stereocenters. The smallest absolute Gasteiger partial charge is 0.280 e. The number of aliphatic hydroxyl groups excluding tert-OH is 1. The first kappa shape index (κ1) is 30.9. The van der Waals surface area contributed by atoms with E-state index in [2.05, 4.69) is 14.6 Å². The number of hydrogen-bond acceptors (Lipinski definition) is 8. The highest BCUT2D eigenvalue weighted by Crippen LogP contribution is 2.29. The first-order chi connectivity index (χ1) is 18.4. The summed E-state index contributed by atoms with van der Waals surface area (Å²) in [5.74, 6) is -0.0122. The molecule has 0 bridgehead atoms. The Morgan fingerprint density at radius 2 is 2.00 bits per heavy atom. The van der Waals surface area contributed by atoms with Crippen molar-refractivity contribution in [2.45, 2.75) is 63.3 Å². The standard InChI is InChI=1S/C27H43N5O6S/c1-19-14-32(20(2)17-33)27(34)23-13-22(29-39(35,36)26-16-31(6)18-28-26)10-11-24(23)38-21(3)9-7-8-12-37-25(19)15-30(4)5/h10-11,13,16,18-21,25,29,33H,7-9,12,14-15,17H2,1-6H3/t19-,20-,21+,25-/m0/s1. The van der Waals surface area contributed by atoms with Crippen LogP contribution in [0.15, 0.2) is 35.7 Å². The normalized spacial score (nSPS) is 22.6. The zero-order chi connectivity index (χ0) is 28.7. The second-order valence-electron chi connectivity index (χ2n) is 10.8. The van der Waals surface area contributed by atoms with Gasteiger partial charge in [-0.25, -0.2) is 4.98 Å². The lowest BCUT2D eigenvalue weighted by Crippen LogP contribution is -2.47. The van der Waals surface area contributed by atoms with Gasteiger partial charge in [-0.15, -0.1) is 0 Å². The maximum absolute atomic E-state index is 14.1. The zero-order valence-corrected chi connectivity index (χ0v) is 24.6. The molecule has 0 saturated heterocycles. The summed E-state index contributed by atoms with van der Waals surface area (Å²) in [4.78, 5) is 21.7. The molecule has 39 heavy (non-hydrogen) atoms. The van der Waals surface area contributed by atoms with Gasteiger partial charge in [0.25, 0.3) is 15.9 Å². The number of aryl methyl sites for hydroxylation is 1. The fraction of sp³-hybridized carbons (Fsp3) is 0.630. The highest BCUT2D eigenvalue weighted by Gasteiger charge is 2.30. The van der Waals surface area contributed by atoms with Crippen LogP contribution < -0.4 is 9.46 Å². The number of carbonyl (C=O) groups excluding carboxylic acids is 1. The van der Waals surface area contributed by atoms with Crippen LogP contribution in [-0.4, -0.2) is 97.4 Å². The largest absolute Gasteiger partial charge is 0.490 e. The van der Waals surface area contributed by atoms with Crippen molar-refractivity contribution in [1.29, 1.82) is 0 Å². The number of nitrogens with zero attached hydrogens (tertiary/aromatic N) is 4. The van der Waals surface area contributed by atoms with Crippen LogP contribution in [0, 0.1) is 5.92 Å². The Morgan fingerprint density at radius 1 is 1.26 bits per heavy atom. The Balaban J connectivity index is 2.02. The van der Waals surface area contributed by atoms with Crippen LogP contribution in [0.4, 0.5) is 5.69 Å². The van der Waals surface area contributed by atoms with Gasteiger partial charge in [0.1, 0.15) is 5.75 Å². The molecular weight excluding hydrogens is 522 g/mol. The predicted molar refractivity (Wildman–Crippen MR) is 149 cm³/mol. The molecule has 1 aromatic heterocycles. The fourth-order valence-corrected chi connectivity index (χ4v) is 5.58. The molecule has 2 aromatic rings. The number of likely N-dealkylation sites (N-methyl/N-ethyl adjacent to an activating group) is 1. The first-order valence-electron chi connectivity index (χ1n) is 13.4. The summed E-state index contributed by atoms with van der Waals surface area (Å²) in [5.41, 5.74) is 0.432. The average Bonchev–Trinajstić information content (AvgIpc) is 3.32.